The van der Waals surface area contributed by atoms with Crippen LogP contribution < -0.4 is 10.8 Å². The Bertz CT molecular complexity index is 948. The second-order valence-corrected chi connectivity index (χ2v) is 8.22. The van der Waals surface area contributed by atoms with Crippen LogP contribution in [0.5, 0.6) is 0 Å². The third kappa shape index (κ3) is 3.31. The number of H-pyrrole nitrogens is 1. The van der Waals surface area contributed by atoms with Crippen molar-refractivity contribution in [3.05, 3.63) is 50.8 Å². The van der Waals surface area contributed by atoms with Gasteiger partial charge in [0.25, 0.3) is 11.5 Å². The molecule has 9 nitrogen and oxygen atoms in total. The van der Waals surface area contributed by atoms with Crippen LogP contribution in [-0.2, 0) is 13.0 Å². The van der Waals surface area contributed by atoms with Crippen LogP contribution in [0.1, 0.15) is 48.1 Å². The first kappa shape index (κ1) is 18.7. The number of pyridine rings is 1. The molecular formula is C19H24N5O4-. The minimum absolute atomic E-state index is 0.0195. The summed E-state index contributed by atoms with van der Waals surface area (Å²) in [6.45, 7) is 5.69. The Hall–Kier alpha value is -2.65. The Labute approximate surface area is 162 Å². The Morgan fingerprint density at radius 3 is 2.89 bits per heavy atom. The summed E-state index contributed by atoms with van der Waals surface area (Å²) in [6.07, 6.45) is 1.73. The van der Waals surface area contributed by atoms with Crippen molar-refractivity contribution in [1.82, 2.24) is 19.7 Å². The lowest BCUT2D eigenvalue weighted by atomic mass is 9.83. The van der Waals surface area contributed by atoms with Crippen molar-refractivity contribution in [3.63, 3.8) is 0 Å². The number of hydrogen-bond acceptors (Lipinski definition) is 6. The molecule has 0 saturated carbocycles. The van der Waals surface area contributed by atoms with Gasteiger partial charge in [0, 0.05) is 36.9 Å². The first-order chi connectivity index (χ1) is 13.3. The van der Waals surface area contributed by atoms with Crippen molar-refractivity contribution in [3.8, 4) is 0 Å². The Morgan fingerprint density at radius 2 is 2.18 bits per heavy atom. The van der Waals surface area contributed by atoms with Gasteiger partial charge in [-0.25, -0.2) is 0 Å². The molecule has 9 heteroatoms. The van der Waals surface area contributed by atoms with Crippen LogP contribution >= 0.6 is 0 Å². The van der Waals surface area contributed by atoms with Gasteiger partial charge in [-0.15, -0.1) is 0 Å². The van der Waals surface area contributed by atoms with Gasteiger partial charge in [0.05, 0.1) is 0 Å². The molecule has 4 heterocycles. The van der Waals surface area contributed by atoms with E-state index in [9.17, 15) is 14.8 Å². The molecule has 2 unspecified atom stereocenters. The molecule has 2 aliphatic heterocycles. The molecule has 2 aromatic rings. The fraction of sp³-hybridized carbons (Fsp3) is 0.526. The van der Waals surface area contributed by atoms with Crippen LogP contribution in [-0.4, -0.2) is 43.9 Å². The highest BCUT2D eigenvalue weighted by atomic mass is 16.8. The van der Waals surface area contributed by atoms with E-state index in [1.165, 1.54) is 6.07 Å². The van der Waals surface area contributed by atoms with Crippen LogP contribution in [0, 0.1) is 17.0 Å². The number of carbonyl (C=O) groups is 1. The zero-order valence-electron chi connectivity index (χ0n) is 16.0. The van der Waals surface area contributed by atoms with Crippen LogP contribution in [0.15, 0.2) is 23.0 Å². The number of aromatic amines is 1. The molecule has 1 saturated heterocycles. The Kier molecular flexibility index (Phi) is 4.72. The number of carbonyl (C=O) groups excluding carboxylic acids is 1. The van der Waals surface area contributed by atoms with Gasteiger partial charge in [-0.2, -0.15) is 5.10 Å². The fourth-order valence-corrected chi connectivity index (χ4v) is 4.42. The summed E-state index contributed by atoms with van der Waals surface area (Å²) < 4.78 is 1.56. The predicted molar refractivity (Wildman–Crippen MR) is 102 cm³/mol. The van der Waals surface area contributed by atoms with Crippen LogP contribution in [0.4, 0.5) is 5.69 Å². The van der Waals surface area contributed by atoms with E-state index in [0.717, 1.165) is 24.2 Å². The van der Waals surface area contributed by atoms with E-state index in [4.69, 9.17) is 5.21 Å². The summed E-state index contributed by atoms with van der Waals surface area (Å²) in [5.74, 6) is 0.512. The highest BCUT2D eigenvalue weighted by molar-refractivity contribution is 5.92. The lowest BCUT2D eigenvalue weighted by Crippen LogP contribution is -2.49. The molecule has 4 rings (SSSR count). The van der Waals surface area contributed by atoms with Crippen molar-refractivity contribution in [1.29, 1.82) is 0 Å². The number of rotatable bonds is 4. The van der Waals surface area contributed by atoms with Gasteiger partial charge >= 0.3 is 0 Å². The molecule has 0 spiro atoms. The molecule has 2 aromatic heterocycles. The normalized spacial score (nSPS) is 21.0. The summed E-state index contributed by atoms with van der Waals surface area (Å²) in [6, 6.07) is 4.86. The highest BCUT2D eigenvalue weighted by Gasteiger charge is 2.37. The average Bonchev–Trinajstić information content (AvgIpc) is 3.09. The summed E-state index contributed by atoms with van der Waals surface area (Å²) >= 11 is 0. The molecule has 0 aliphatic carbocycles. The lowest BCUT2D eigenvalue weighted by molar-refractivity contribution is 0.0588. The maximum absolute atomic E-state index is 12.9. The van der Waals surface area contributed by atoms with Gasteiger partial charge < -0.3 is 19.9 Å². The summed E-state index contributed by atoms with van der Waals surface area (Å²) in [5, 5.41) is 27.0. The monoisotopic (exact) mass is 386 g/mol. The number of piperidine rings is 1. The van der Waals surface area contributed by atoms with E-state index in [1.807, 2.05) is 11.0 Å². The van der Waals surface area contributed by atoms with Crippen molar-refractivity contribution in [2.45, 2.75) is 39.2 Å². The first-order valence-electron chi connectivity index (χ1n) is 9.57. The minimum atomic E-state index is -0.491. The minimum Gasteiger partial charge on any atom is -0.733 e. The number of amides is 1. The molecule has 1 fully saturated rings. The summed E-state index contributed by atoms with van der Waals surface area (Å²) in [5.41, 5.74) is 1.39. The topological polar surface area (TPSA) is 118 Å². The van der Waals surface area contributed by atoms with E-state index in [0.29, 0.717) is 31.2 Å². The number of likely N-dealkylation sites (tertiary alicyclic amines) is 1. The largest absolute Gasteiger partial charge is 0.733 e. The van der Waals surface area contributed by atoms with Gasteiger partial charge in [-0.1, -0.05) is 13.8 Å². The van der Waals surface area contributed by atoms with E-state index >= 15 is 0 Å². The molecule has 2 bridgehead atoms. The maximum Gasteiger partial charge on any atom is 0.275 e. The molecule has 2 atom stereocenters. The van der Waals surface area contributed by atoms with Crippen molar-refractivity contribution in [2.24, 2.45) is 11.8 Å². The zero-order valence-corrected chi connectivity index (χ0v) is 16.0. The van der Waals surface area contributed by atoms with Crippen molar-refractivity contribution < 1.29 is 10.0 Å². The number of aromatic nitrogens is 3. The van der Waals surface area contributed by atoms with Gasteiger partial charge in [-0.3, -0.25) is 19.9 Å². The molecule has 2 aliphatic rings. The molecule has 1 amide bonds. The number of nitrogens with zero attached hydrogens (tertiary/aromatic N) is 4. The second-order valence-electron chi connectivity index (χ2n) is 8.22. The van der Waals surface area contributed by atoms with Gasteiger partial charge in [-0.05, 0) is 42.9 Å². The van der Waals surface area contributed by atoms with Crippen LogP contribution in [0.3, 0.4) is 0 Å². The molecular weight excluding hydrogens is 362 g/mol. The fourth-order valence-electron chi connectivity index (χ4n) is 4.42. The van der Waals surface area contributed by atoms with Gasteiger partial charge in [0.1, 0.15) is 11.4 Å². The molecule has 0 aromatic carbocycles. The number of hydrogen-bond donors (Lipinski definition) is 2. The van der Waals surface area contributed by atoms with Gasteiger partial charge in [0.2, 0.25) is 0 Å². The molecule has 2 N–H and O–H groups in total. The third-order valence-electron chi connectivity index (χ3n) is 5.56. The van der Waals surface area contributed by atoms with E-state index < -0.39 is 5.56 Å². The van der Waals surface area contributed by atoms with E-state index in [2.05, 4.69) is 24.0 Å². The third-order valence-corrected chi connectivity index (χ3v) is 5.56. The number of nitrogens with one attached hydrogen (secondary N) is 1. The standard InChI is InChI=1S/C19H24N5O4/c1-11(2)5-14-7-15(21-20-14)18(25)22-8-12-6-13(10-22)16-3-4-17(24(27)28)19(26)23(16)9-12/h3-4,7,11-13,27H,5-6,8-10H2,1-2H3,(H,20,21)/q-1. The van der Waals surface area contributed by atoms with Crippen molar-refractivity contribution in [2.75, 3.05) is 18.3 Å². The lowest BCUT2D eigenvalue weighted by Gasteiger charge is -2.43. The molecule has 0 radical (unpaired) electrons. The number of fused-ring (bicyclic) bond motifs is 4. The van der Waals surface area contributed by atoms with Gasteiger partial charge in [0.15, 0.2) is 0 Å². The van der Waals surface area contributed by atoms with E-state index in [1.54, 1.807) is 10.6 Å². The molecule has 150 valence electrons. The number of anilines is 1. The quantitative estimate of drug-likeness (QED) is 0.773. The predicted octanol–water partition coefficient (Wildman–Crippen LogP) is 1.72. The first-order valence-corrected chi connectivity index (χ1v) is 9.57. The highest BCUT2D eigenvalue weighted by Crippen LogP contribution is 2.36. The average molecular weight is 386 g/mol. The summed E-state index contributed by atoms with van der Waals surface area (Å²) in [4.78, 5) is 27.2. The second kappa shape index (κ2) is 7.06. The Morgan fingerprint density at radius 1 is 1.39 bits per heavy atom. The Balaban J connectivity index is 1.56. The van der Waals surface area contributed by atoms with E-state index in [-0.39, 0.29) is 28.7 Å². The van der Waals surface area contributed by atoms with Crippen LogP contribution in [0.2, 0.25) is 0 Å². The zero-order chi connectivity index (χ0) is 20.0. The maximum atomic E-state index is 12.9. The van der Waals surface area contributed by atoms with Crippen LogP contribution in [0.25, 0.3) is 0 Å². The smallest absolute Gasteiger partial charge is 0.275 e. The van der Waals surface area contributed by atoms with Crippen molar-refractivity contribution >= 4 is 11.6 Å². The summed E-state index contributed by atoms with van der Waals surface area (Å²) in [7, 11) is 0. The SMILES string of the molecule is CC(C)Cc1cc(C(=O)N2CC3CC(C2)c2ccc(N([O-])O)c(=O)n2C3)n[nH]1. The molecule has 28 heavy (non-hydrogen) atoms.